The van der Waals surface area contributed by atoms with E-state index in [-0.39, 0.29) is 11.5 Å². The minimum atomic E-state index is 0.0773. The first-order valence-corrected chi connectivity index (χ1v) is 7.04. The fraction of sp³-hybridized carbons (Fsp3) is 0.412. The van der Waals surface area contributed by atoms with E-state index in [0.29, 0.717) is 6.42 Å². The van der Waals surface area contributed by atoms with Gasteiger partial charge >= 0.3 is 0 Å². The Hall–Kier alpha value is -1.74. The Labute approximate surface area is 121 Å². The summed E-state index contributed by atoms with van der Waals surface area (Å²) >= 11 is 0. The molecule has 3 nitrogen and oxygen atoms in total. The van der Waals surface area contributed by atoms with Crippen LogP contribution in [0, 0.1) is 0 Å². The van der Waals surface area contributed by atoms with Crippen LogP contribution in [-0.2, 0) is 11.8 Å². The standard InChI is InChI=1S/C17H23N3/c1-12(18)11-16-19-10-9-15(20-16)13-5-7-14(8-6-13)17(2,3)4/h5-10,12H,11,18H2,1-4H3. The Morgan fingerprint density at radius 2 is 1.75 bits per heavy atom. The molecule has 2 rings (SSSR count). The molecule has 0 aliphatic carbocycles. The second-order valence-corrected chi connectivity index (χ2v) is 6.37. The van der Waals surface area contributed by atoms with Gasteiger partial charge in [0.1, 0.15) is 5.82 Å². The van der Waals surface area contributed by atoms with Gasteiger partial charge in [0.2, 0.25) is 0 Å². The molecular weight excluding hydrogens is 246 g/mol. The quantitative estimate of drug-likeness (QED) is 0.929. The maximum absolute atomic E-state index is 5.80. The van der Waals surface area contributed by atoms with Crippen molar-refractivity contribution in [1.29, 1.82) is 0 Å². The van der Waals surface area contributed by atoms with Crippen molar-refractivity contribution in [2.45, 2.75) is 45.6 Å². The summed E-state index contributed by atoms with van der Waals surface area (Å²) in [5.74, 6) is 0.803. The number of rotatable bonds is 3. The maximum Gasteiger partial charge on any atom is 0.130 e. The number of hydrogen-bond donors (Lipinski definition) is 1. The molecule has 0 saturated heterocycles. The Balaban J connectivity index is 2.28. The average molecular weight is 269 g/mol. The lowest BCUT2D eigenvalue weighted by molar-refractivity contribution is 0.590. The second kappa shape index (κ2) is 5.71. The molecule has 2 N–H and O–H groups in total. The van der Waals surface area contributed by atoms with Crippen LogP contribution in [0.25, 0.3) is 11.3 Å². The largest absolute Gasteiger partial charge is 0.328 e. The van der Waals surface area contributed by atoms with Crippen molar-refractivity contribution >= 4 is 0 Å². The normalized spacial score (nSPS) is 13.2. The van der Waals surface area contributed by atoms with E-state index in [1.165, 1.54) is 5.56 Å². The van der Waals surface area contributed by atoms with Crippen molar-refractivity contribution in [1.82, 2.24) is 9.97 Å². The van der Waals surface area contributed by atoms with E-state index in [9.17, 15) is 0 Å². The highest BCUT2D eigenvalue weighted by atomic mass is 14.9. The lowest BCUT2D eigenvalue weighted by Gasteiger charge is -2.19. The molecule has 0 spiro atoms. The van der Waals surface area contributed by atoms with Crippen LogP contribution in [0.5, 0.6) is 0 Å². The summed E-state index contributed by atoms with van der Waals surface area (Å²) in [6.07, 6.45) is 2.51. The van der Waals surface area contributed by atoms with Crippen LogP contribution in [-0.4, -0.2) is 16.0 Å². The number of benzene rings is 1. The molecular formula is C17H23N3. The minimum Gasteiger partial charge on any atom is -0.328 e. The molecule has 0 amide bonds. The van der Waals surface area contributed by atoms with Crippen molar-refractivity contribution in [2.75, 3.05) is 0 Å². The molecule has 0 radical (unpaired) electrons. The van der Waals surface area contributed by atoms with E-state index in [0.717, 1.165) is 17.1 Å². The number of nitrogens with zero attached hydrogens (tertiary/aromatic N) is 2. The Bertz CT molecular complexity index is 566. The highest BCUT2D eigenvalue weighted by Crippen LogP contribution is 2.25. The summed E-state index contributed by atoms with van der Waals surface area (Å²) in [6.45, 7) is 8.61. The van der Waals surface area contributed by atoms with Gasteiger partial charge in [0.05, 0.1) is 5.69 Å². The van der Waals surface area contributed by atoms with Crippen LogP contribution in [0.2, 0.25) is 0 Å². The topological polar surface area (TPSA) is 51.8 Å². The molecule has 0 aliphatic rings. The minimum absolute atomic E-state index is 0.0773. The molecule has 1 atom stereocenters. The number of hydrogen-bond acceptors (Lipinski definition) is 3. The molecule has 3 heteroatoms. The van der Waals surface area contributed by atoms with Crippen LogP contribution in [0.3, 0.4) is 0 Å². The Morgan fingerprint density at radius 1 is 1.10 bits per heavy atom. The predicted molar refractivity (Wildman–Crippen MR) is 83.5 cm³/mol. The van der Waals surface area contributed by atoms with Gasteiger partial charge in [0.25, 0.3) is 0 Å². The zero-order chi connectivity index (χ0) is 14.8. The van der Waals surface area contributed by atoms with Gasteiger partial charge in [0, 0.05) is 24.2 Å². The zero-order valence-corrected chi connectivity index (χ0v) is 12.7. The smallest absolute Gasteiger partial charge is 0.130 e. The summed E-state index contributed by atoms with van der Waals surface area (Å²) in [7, 11) is 0. The van der Waals surface area contributed by atoms with Gasteiger partial charge in [-0.25, -0.2) is 9.97 Å². The number of nitrogens with two attached hydrogens (primary N) is 1. The van der Waals surface area contributed by atoms with Gasteiger partial charge in [-0.1, -0.05) is 45.0 Å². The molecule has 0 bridgehead atoms. The molecule has 1 aromatic heterocycles. The molecule has 1 aromatic carbocycles. The van der Waals surface area contributed by atoms with E-state index >= 15 is 0 Å². The van der Waals surface area contributed by atoms with Gasteiger partial charge in [-0.05, 0) is 24.0 Å². The maximum atomic E-state index is 5.80. The van der Waals surface area contributed by atoms with E-state index in [2.05, 4.69) is 55.0 Å². The van der Waals surface area contributed by atoms with Gasteiger partial charge in [-0.15, -0.1) is 0 Å². The van der Waals surface area contributed by atoms with Crippen LogP contribution in [0.15, 0.2) is 36.5 Å². The zero-order valence-electron chi connectivity index (χ0n) is 12.7. The summed E-state index contributed by atoms with van der Waals surface area (Å²) in [4.78, 5) is 8.85. The van der Waals surface area contributed by atoms with E-state index in [1.54, 1.807) is 6.20 Å². The summed E-state index contributed by atoms with van der Waals surface area (Å²) in [5.41, 5.74) is 9.37. The third-order valence-corrected chi connectivity index (χ3v) is 3.26. The molecule has 2 aromatic rings. The van der Waals surface area contributed by atoms with Crippen molar-refractivity contribution in [3.8, 4) is 11.3 Å². The second-order valence-electron chi connectivity index (χ2n) is 6.37. The molecule has 0 aliphatic heterocycles. The van der Waals surface area contributed by atoms with Crippen molar-refractivity contribution < 1.29 is 0 Å². The molecule has 20 heavy (non-hydrogen) atoms. The van der Waals surface area contributed by atoms with E-state index < -0.39 is 0 Å². The van der Waals surface area contributed by atoms with Crippen LogP contribution in [0.1, 0.15) is 39.1 Å². The molecule has 0 fully saturated rings. The highest BCUT2D eigenvalue weighted by molar-refractivity contribution is 5.59. The number of aromatic nitrogens is 2. The lowest BCUT2D eigenvalue weighted by atomic mass is 9.86. The first-order valence-electron chi connectivity index (χ1n) is 7.04. The molecule has 1 heterocycles. The molecule has 1 unspecified atom stereocenters. The van der Waals surface area contributed by atoms with Gasteiger partial charge in [-0.3, -0.25) is 0 Å². The van der Waals surface area contributed by atoms with Crippen molar-refractivity contribution in [3.63, 3.8) is 0 Å². The Kier molecular flexibility index (Phi) is 4.19. The monoisotopic (exact) mass is 269 g/mol. The molecule has 0 saturated carbocycles. The third-order valence-electron chi connectivity index (χ3n) is 3.26. The predicted octanol–water partition coefficient (Wildman–Crippen LogP) is 3.33. The third kappa shape index (κ3) is 3.64. The molecule has 106 valence electrons. The summed E-state index contributed by atoms with van der Waals surface area (Å²) < 4.78 is 0. The lowest BCUT2D eigenvalue weighted by Crippen LogP contribution is -2.19. The fourth-order valence-corrected chi connectivity index (χ4v) is 2.09. The summed E-state index contributed by atoms with van der Waals surface area (Å²) in [6, 6.07) is 10.6. The van der Waals surface area contributed by atoms with Crippen LogP contribution < -0.4 is 5.73 Å². The van der Waals surface area contributed by atoms with Crippen LogP contribution >= 0.6 is 0 Å². The van der Waals surface area contributed by atoms with Gasteiger partial charge < -0.3 is 5.73 Å². The fourth-order valence-electron chi connectivity index (χ4n) is 2.09. The highest BCUT2D eigenvalue weighted by Gasteiger charge is 2.13. The Morgan fingerprint density at radius 3 is 2.30 bits per heavy atom. The first-order chi connectivity index (χ1) is 9.36. The van der Waals surface area contributed by atoms with E-state index in [4.69, 9.17) is 5.73 Å². The average Bonchev–Trinajstić information content (AvgIpc) is 2.37. The van der Waals surface area contributed by atoms with Crippen molar-refractivity contribution in [2.24, 2.45) is 5.73 Å². The SMILES string of the molecule is CC(N)Cc1nccc(-c2ccc(C(C)(C)C)cc2)n1. The van der Waals surface area contributed by atoms with Crippen LogP contribution in [0.4, 0.5) is 0 Å². The van der Waals surface area contributed by atoms with Crippen molar-refractivity contribution in [3.05, 3.63) is 47.9 Å². The van der Waals surface area contributed by atoms with E-state index in [1.807, 2.05) is 13.0 Å². The summed E-state index contributed by atoms with van der Waals surface area (Å²) in [5, 5.41) is 0. The van der Waals surface area contributed by atoms with Gasteiger partial charge in [0.15, 0.2) is 0 Å². The first kappa shape index (κ1) is 14.7. The van der Waals surface area contributed by atoms with Gasteiger partial charge in [-0.2, -0.15) is 0 Å².